The van der Waals surface area contributed by atoms with Crippen molar-refractivity contribution in [1.29, 1.82) is 0 Å². The lowest BCUT2D eigenvalue weighted by molar-refractivity contribution is -0.384. The fraction of sp³-hybridized carbons (Fsp3) is 0.333. The SMILES string of the molecule is ClCCCl.O=[N+]([O-])c1ccc(O)c(CCl)c1. The van der Waals surface area contributed by atoms with Gasteiger partial charge in [0, 0.05) is 29.5 Å². The molecule has 0 aliphatic rings. The van der Waals surface area contributed by atoms with E-state index < -0.39 is 4.92 Å². The lowest BCUT2D eigenvalue weighted by Gasteiger charge is -1.98. The van der Waals surface area contributed by atoms with E-state index in [1.54, 1.807) is 0 Å². The quantitative estimate of drug-likeness (QED) is 0.525. The number of phenolic OH excluding ortho intramolecular Hbond substituents is 1. The molecular formula is C9H10Cl3NO3. The minimum Gasteiger partial charge on any atom is -0.508 e. The van der Waals surface area contributed by atoms with Crippen molar-refractivity contribution in [1.82, 2.24) is 0 Å². The highest BCUT2D eigenvalue weighted by atomic mass is 35.5. The van der Waals surface area contributed by atoms with Crippen LogP contribution in [-0.4, -0.2) is 21.8 Å². The summed E-state index contributed by atoms with van der Waals surface area (Å²) in [7, 11) is 0. The maximum Gasteiger partial charge on any atom is 0.270 e. The molecule has 0 radical (unpaired) electrons. The number of aromatic hydroxyl groups is 1. The van der Waals surface area contributed by atoms with Gasteiger partial charge in [0.1, 0.15) is 5.75 Å². The van der Waals surface area contributed by atoms with E-state index in [9.17, 15) is 10.1 Å². The third-order valence-electron chi connectivity index (χ3n) is 1.49. The minimum atomic E-state index is -0.532. The Bertz CT molecular complexity index is 345. The van der Waals surface area contributed by atoms with Crippen molar-refractivity contribution in [3.05, 3.63) is 33.9 Å². The number of nitro groups is 1. The number of phenols is 1. The molecule has 4 nitrogen and oxygen atoms in total. The average Bonchev–Trinajstić information content (AvgIpc) is 2.29. The second-order valence-electron chi connectivity index (χ2n) is 2.58. The predicted octanol–water partition coefficient (Wildman–Crippen LogP) is 3.50. The number of alkyl halides is 3. The van der Waals surface area contributed by atoms with Crippen LogP contribution in [0, 0.1) is 10.1 Å². The summed E-state index contributed by atoms with van der Waals surface area (Å²) in [6.45, 7) is 0. The molecule has 0 aromatic heterocycles. The zero-order valence-corrected chi connectivity index (χ0v) is 10.5. The molecule has 0 heterocycles. The molecule has 90 valence electrons. The van der Waals surface area contributed by atoms with Gasteiger partial charge in [0.15, 0.2) is 0 Å². The first-order valence-corrected chi connectivity index (χ1v) is 5.81. The summed E-state index contributed by atoms with van der Waals surface area (Å²) < 4.78 is 0. The molecule has 0 saturated carbocycles. The standard InChI is InChI=1S/C7H6ClNO3.C2H4Cl2/c8-4-5-3-6(9(11)12)1-2-7(5)10;3-1-2-4/h1-3,10H,4H2;1-2H2. The molecule has 7 heteroatoms. The number of hydrogen-bond acceptors (Lipinski definition) is 3. The van der Waals surface area contributed by atoms with E-state index in [0.29, 0.717) is 17.3 Å². The van der Waals surface area contributed by atoms with Gasteiger partial charge in [-0.1, -0.05) is 0 Å². The summed E-state index contributed by atoms with van der Waals surface area (Å²) in [5, 5.41) is 19.4. The highest BCUT2D eigenvalue weighted by Crippen LogP contribution is 2.23. The van der Waals surface area contributed by atoms with Crippen LogP contribution in [0.25, 0.3) is 0 Å². The third kappa shape index (κ3) is 5.39. The van der Waals surface area contributed by atoms with E-state index in [1.807, 2.05) is 0 Å². The Kier molecular flexibility index (Phi) is 8.07. The summed E-state index contributed by atoms with van der Waals surface area (Å²) in [6, 6.07) is 3.74. The molecule has 16 heavy (non-hydrogen) atoms. The second-order valence-corrected chi connectivity index (χ2v) is 3.60. The van der Waals surface area contributed by atoms with Crippen molar-refractivity contribution < 1.29 is 10.0 Å². The maximum absolute atomic E-state index is 10.3. The Morgan fingerprint density at radius 1 is 1.25 bits per heavy atom. The van der Waals surface area contributed by atoms with Crippen LogP contribution >= 0.6 is 34.8 Å². The number of halogens is 3. The monoisotopic (exact) mass is 285 g/mol. The molecule has 0 amide bonds. The number of rotatable bonds is 3. The van der Waals surface area contributed by atoms with Crippen molar-refractivity contribution in [3.8, 4) is 5.75 Å². The molecule has 1 N–H and O–H groups in total. The van der Waals surface area contributed by atoms with Gasteiger partial charge in [0.25, 0.3) is 5.69 Å². The lowest BCUT2D eigenvalue weighted by atomic mass is 10.2. The summed E-state index contributed by atoms with van der Waals surface area (Å²) in [6.07, 6.45) is 0. The zero-order valence-electron chi connectivity index (χ0n) is 8.20. The fourth-order valence-electron chi connectivity index (χ4n) is 0.793. The molecule has 0 aliphatic carbocycles. The van der Waals surface area contributed by atoms with Crippen molar-refractivity contribution in [2.75, 3.05) is 11.8 Å². The Hall–Kier alpha value is -0.710. The number of non-ortho nitro benzene ring substituents is 1. The van der Waals surface area contributed by atoms with E-state index in [0.717, 1.165) is 0 Å². The Morgan fingerprint density at radius 2 is 1.81 bits per heavy atom. The van der Waals surface area contributed by atoms with Gasteiger partial charge in [0.2, 0.25) is 0 Å². The highest BCUT2D eigenvalue weighted by Gasteiger charge is 2.08. The normalized spacial score (nSPS) is 9.19. The van der Waals surface area contributed by atoms with Crippen molar-refractivity contribution in [2.24, 2.45) is 0 Å². The first kappa shape index (κ1) is 15.3. The van der Waals surface area contributed by atoms with E-state index in [2.05, 4.69) is 0 Å². The molecule has 0 atom stereocenters. The van der Waals surface area contributed by atoms with Crippen LogP contribution in [0.5, 0.6) is 5.75 Å². The second kappa shape index (κ2) is 8.44. The van der Waals surface area contributed by atoms with E-state index in [-0.39, 0.29) is 17.3 Å². The van der Waals surface area contributed by atoms with Gasteiger partial charge in [-0.3, -0.25) is 10.1 Å². The number of nitrogens with zero attached hydrogens (tertiary/aromatic N) is 1. The Morgan fingerprint density at radius 3 is 2.19 bits per heavy atom. The summed E-state index contributed by atoms with van der Waals surface area (Å²) in [4.78, 5) is 9.73. The molecule has 0 spiro atoms. The smallest absolute Gasteiger partial charge is 0.270 e. The number of benzene rings is 1. The minimum absolute atomic E-state index is 0.0180. The Balaban J connectivity index is 0.000000487. The molecule has 1 aromatic carbocycles. The van der Waals surface area contributed by atoms with Crippen LogP contribution in [0.4, 0.5) is 5.69 Å². The van der Waals surface area contributed by atoms with Gasteiger partial charge in [-0.05, 0) is 6.07 Å². The molecule has 0 unspecified atom stereocenters. The van der Waals surface area contributed by atoms with Crippen LogP contribution in [0.3, 0.4) is 0 Å². The van der Waals surface area contributed by atoms with Gasteiger partial charge < -0.3 is 5.11 Å². The van der Waals surface area contributed by atoms with Crippen LogP contribution < -0.4 is 0 Å². The zero-order chi connectivity index (χ0) is 12.6. The molecule has 1 aromatic rings. The summed E-state index contributed by atoms with van der Waals surface area (Å²) in [5.41, 5.74) is 0.300. The summed E-state index contributed by atoms with van der Waals surface area (Å²) >= 11 is 15.5. The van der Waals surface area contributed by atoms with Crippen LogP contribution in [0.2, 0.25) is 0 Å². The molecule has 0 aliphatic heterocycles. The lowest BCUT2D eigenvalue weighted by Crippen LogP contribution is -1.89. The number of hydrogen-bond donors (Lipinski definition) is 1. The average molecular weight is 287 g/mol. The van der Waals surface area contributed by atoms with Crippen molar-refractivity contribution >= 4 is 40.5 Å². The number of nitro benzene ring substituents is 1. The van der Waals surface area contributed by atoms with Crippen molar-refractivity contribution in [2.45, 2.75) is 5.88 Å². The van der Waals surface area contributed by atoms with Crippen LogP contribution in [0.1, 0.15) is 5.56 Å². The van der Waals surface area contributed by atoms with Gasteiger partial charge in [-0.25, -0.2) is 0 Å². The summed E-state index contributed by atoms with van der Waals surface area (Å²) in [5.74, 6) is 1.16. The first-order valence-electron chi connectivity index (χ1n) is 4.21. The van der Waals surface area contributed by atoms with Crippen molar-refractivity contribution in [3.63, 3.8) is 0 Å². The predicted molar refractivity (Wildman–Crippen MR) is 65.8 cm³/mol. The van der Waals surface area contributed by atoms with E-state index in [4.69, 9.17) is 39.9 Å². The molecule has 0 fully saturated rings. The van der Waals surface area contributed by atoms with Gasteiger partial charge >= 0.3 is 0 Å². The largest absolute Gasteiger partial charge is 0.508 e. The molecule has 0 bridgehead atoms. The molecule has 0 saturated heterocycles. The molecule has 1 rings (SSSR count). The van der Waals surface area contributed by atoms with Gasteiger partial charge in [-0.2, -0.15) is 0 Å². The maximum atomic E-state index is 10.3. The fourth-order valence-corrected chi connectivity index (χ4v) is 1.01. The van der Waals surface area contributed by atoms with E-state index in [1.165, 1.54) is 18.2 Å². The molecular weight excluding hydrogens is 276 g/mol. The van der Waals surface area contributed by atoms with Crippen LogP contribution in [0.15, 0.2) is 18.2 Å². The van der Waals surface area contributed by atoms with E-state index >= 15 is 0 Å². The highest BCUT2D eigenvalue weighted by molar-refractivity contribution is 6.25. The van der Waals surface area contributed by atoms with Crippen LogP contribution in [-0.2, 0) is 5.88 Å². The van der Waals surface area contributed by atoms with Gasteiger partial charge in [-0.15, -0.1) is 34.8 Å². The topological polar surface area (TPSA) is 63.4 Å². The third-order valence-corrected chi connectivity index (χ3v) is 2.35. The van der Waals surface area contributed by atoms with Gasteiger partial charge in [0.05, 0.1) is 10.8 Å². The Labute approximate surface area is 108 Å². The first-order chi connectivity index (χ1) is 7.56.